The van der Waals surface area contributed by atoms with Gasteiger partial charge in [-0.05, 0) is 12.2 Å². The minimum Gasteiger partial charge on any atom is -0.352 e. The standard InChI is InChI=1S/C5H6N4OS/c10-4-2-3(6-1-7-4)9-5(11)8-2/h6H,1H2,(H,7,10)(H2,8,9,11). The molecule has 2 rings (SSSR count). The molecular formula is C5H6N4OS. The Morgan fingerprint density at radius 3 is 2.82 bits per heavy atom. The van der Waals surface area contributed by atoms with E-state index in [2.05, 4.69) is 20.6 Å². The van der Waals surface area contributed by atoms with Gasteiger partial charge in [-0.3, -0.25) is 4.79 Å². The second-order valence-corrected chi connectivity index (χ2v) is 2.60. The van der Waals surface area contributed by atoms with Gasteiger partial charge in [0.05, 0.1) is 6.67 Å². The predicted molar refractivity (Wildman–Crippen MR) is 41.9 cm³/mol. The molecule has 0 aromatic carbocycles. The molecule has 0 aliphatic carbocycles. The lowest BCUT2D eigenvalue weighted by Crippen LogP contribution is -2.34. The van der Waals surface area contributed by atoms with Gasteiger partial charge in [0.2, 0.25) is 0 Å². The summed E-state index contributed by atoms with van der Waals surface area (Å²) in [6.07, 6.45) is 0. The topological polar surface area (TPSA) is 72.7 Å². The average Bonchev–Trinajstić information content (AvgIpc) is 2.31. The van der Waals surface area contributed by atoms with Crippen molar-refractivity contribution in [3.63, 3.8) is 0 Å². The van der Waals surface area contributed by atoms with Gasteiger partial charge in [0.1, 0.15) is 11.5 Å². The zero-order valence-electron chi connectivity index (χ0n) is 5.52. The van der Waals surface area contributed by atoms with Crippen molar-refractivity contribution >= 4 is 23.9 Å². The van der Waals surface area contributed by atoms with Crippen molar-refractivity contribution in [2.24, 2.45) is 0 Å². The van der Waals surface area contributed by atoms with E-state index in [1.165, 1.54) is 0 Å². The first-order valence-electron chi connectivity index (χ1n) is 3.12. The third kappa shape index (κ3) is 0.911. The molecule has 5 nitrogen and oxygen atoms in total. The van der Waals surface area contributed by atoms with Crippen LogP contribution in [0.3, 0.4) is 0 Å². The molecule has 1 aliphatic heterocycles. The third-order valence-corrected chi connectivity index (χ3v) is 1.67. The van der Waals surface area contributed by atoms with Crippen LogP contribution in [0.4, 0.5) is 5.82 Å². The summed E-state index contributed by atoms with van der Waals surface area (Å²) in [5.74, 6) is 0.532. The number of H-pyrrole nitrogens is 2. The fourth-order valence-corrected chi connectivity index (χ4v) is 1.19. The highest BCUT2D eigenvalue weighted by Gasteiger charge is 2.17. The van der Waals surface area contributed by atoms with Crippen LogP contribution in [0.25, 0.3) is 0 Å². The van der Waals surface area contributed by atoms with Crippen LogP contribution < -0.4 is 10.6 Å². The fourth-order valence-electron chi connectivity index (χ4n) is 0.987. The third-order valence-electron chi connectivity index (χ3n) is 1.47. The minimum atomic E-state index is -0.133. The first-order valence-corrected chi connectivity index (χ1v) is 3.52. The first kappa shape index (κ1) is 6.41. The lowest BCUT2D eigenvalue weighted by atomic mass is 10.3. The molecule has 0 atom stereocenters. The number of hydrogen-bond donors (Lipinski definition) is 4. The SMILES string of the molecule is O=C1NCNc2[nH]c(=S)[nH]c21. The lowest BCUT2D eigenvalue weighted by molar-refractivity contribution is 0.0948. The largest absolute Gasteiger partial charge is 0.352 e. The quantitative estimate of drug-likeness (QED) is 0.420. The number of carbonyl (C=O) groups excluding carboxylic acids is 1. The Labute approximate surface area is 67.2 Å². The summed E-state index contributed by atoms with van der Waals surface area (Å²) in [6.45, 7) is 0.439. The molecule has 0 spiro atoms. The zero-order chi connectivity index (χ0) is 7.84. The van der Waals surface area contributed by atoms with Crippen LogP contribution >= 0.6 is 12.2 Å². The van der Waals surface area contributed by atoms with E-state index in [-0.39, 0.29) is 5.91 Å². The van der Waals surface area contributed by atoms with Gasteiger partial charge in [-0.15, -0.1) is 0 Å². The molecule has 6 heteroatoms. The fraction of sp³-hybridized carbons (Fsp3) is 0.200. The number of aromatic nitrogens is 2. The van der Waals surface area contributed by atoms with Gasteiger partial charge in [0.25, 0.3) is 5.91 Å². The van der Waals surface area contributed by atoms with Crippen LogP contribution in [0.2, 0.25) is 0 Å². The molecule has 0 unspecified atom stereocenters. The van der Waals surface area contributed by atoms with Crippen LogP contribution in [-0.2, 0) is 0 Å². The lowest BCUT2D eigenvalue weighted by Gasteiger charge is -2.12. The van der Waals surface area contributed by atoms with E-state index in [1.54, 1.807) is 0 Å². The highest BCUT2D eigenvalue weighted by atomic mass is 32.1. The van der Waals surface area contributed by atoms with Gasteiger partial charge in [-0.2, -0.15) is 0 Å². The second-order valence-electron chi connectivity index (χ2n) is 2.19. The van der Waals surface area contributed by atoms with Crippen LogP contribution in [0.1, 0.15) is 10.5 Å². The average molecular weight is 170 g/mol. The summed E-state index contributed by atoms with van der Waals surface area (Å²) in [6, 6.07) is 0. The van der Waals surface area contributed by atoms with E-state index < -0.39 is 0 Å². The van der Waals surface area contributed by atoms with E-state index in [1.807, 2.05) is 0 Å². The summed E-state index contributed by atoms with van der Waals surface area (Å²) in [5, 5.41) is 5.53. The highest BCUT2D eigenvalue weighted by molar-refractivity contribution is 7.71. The normalized spacial score (nSPS) is 15.1. The maximum absolute atomic E-state index is 11.1. The number of aromatic amines is 2. The number of fused-ring (bicyclic) bond motifs is 1. The second kappa shape index (κ2) is 2.09. The molecule has 2 heterocycles. The maximum atomic E-state index is 11.1. The van der Waals surface area contributed by atoms with E-state index >= 15 is 0 Å². The summed E-state index contributed by atoms with van der Waals surface area (Å²) in [7, 11) is 0. The number of imidazole rings is 1. The number of anilines is 1. The molecule has 1 aromatic rings. The molecule has 0 fully saturated rings. The molecule has 0 radical (unpaired) electrons. The molecule has 11 heavy (non-hydrogen) atoms. The first-order chi connectivity index (χ1) is 5.27. The van der Waals surface area contributed by atoms with Crippen LogP contribution in [0.15, 0.2) is 0 Å². The summed E-state index contributed by atoms with van der Waals surface area (Å²) >= 11 is 4.80. The highest BCUT2D eigenvalue weighted by Crippen LogP contribution is 2.12. The van der Waals surface area contributed by atoms with Crippen molar-refractivity contribution in [3.8, 4) is 0 Å². The van der Waals surface area contributed by atoms with Crippen molar-refractivity contribution in [1.29, 1.82) is 0 Å². The predicted octanol–water partition coefficient (Wildman–Crippen LogP) is 0.185. The Morgan fingerprint density at radius 2 is 2.09 bits per heavy atom. The van der Waals surface area contributed by atoms with Crippen molar-refractivity contribution < 1.29 is 4.79 Å². The Kier molecular flexibility index (Phi) is 1.22. The molecule has 0 saturated carbocycles. The molecule has 1 aliphatic rings. The Balaban J connectivity index is 2.60. The van der Waals surface area contributed by atoms with E-state index in [4.69, 9.17) is 12.2 Å². The van der Waals surface area contributed by atoms with Gasteiger partial charge >= 0.3 is 0 Å². The Hall–Kier alpha value is -1.30. The number of hydrogen-bond acceptors (Lipinski definition) is 3. The molecule has 0 saturated heterocycles. The van der Waals surface area contributed by atoms with Gasteiger partial charge in [0.15, 0.2) is 4.77 Å². The van der Waals surface area contributed by atoms with Crippen molar-refractivity contribution in [3.05, 3.63) is 10.5 Å². The maximum Gasteiger partial charge on any atom is 0.272 e. The van der Waals surface area contributed by atoms with E-state index in [0.717, 1.165) is 0 Å². The molecule has 4 N–H and O–H groups in total. The van der Waals surface area contributed by atoms with Crippen LogP contribution in [-0.4, -0.2) is 22.5 Å². The molecular weight excluding hydrogens is 164 g/mol. The monoisotopic (exact) mass is 170 g/mol. The van der Waals surface area contributed by atoms with Crippen LogP contribution in [0.5, 0.6) is 0 Å². The van der Waals surface area contributed by atoms with Gasteiger partial charge in [-0.1, -0.05) is 0 Å². The molecule has 58 valence electrons. The van der Waals surface area contributed by atoms with Crippen molar-refractivity contribution in [2.45, 2.75) is 0 Å². The number of rotatable bonds is 0. The van der Waals surface area contributed by atoms with Gasteiger partial charge in [0, 0.05) is 0 Å². The molecule has 1 amide bonds. The number of carbonyl (C=O) groups is 1. The summed E-state index contributed by atoms with van der Waals surface area (Å²) in [5.41, 5.74) is 0.473. The molecule has 0 bridgehead atoms. The number of amides is 1. The van der Waals surface area contributed by atoms with E-state index in [9.17, 15) is 4.79 Å². The van der Waals surface area contributed by atoms with Gasteiger partial charge in [-0.25, -0.2) is 0 Å². The smallest absolute Gasteiger partial charge is 0.272 e. The number of nitrogens with one attached hydrogen (secondary N) is 4. The zero-order valence-corrected chi connectivity index (χ0v) is 6.34. The van der Waals surface area contributed by atoms with Gasteiger partial charge < -0.3 is 20.6 Å². The minimum absolute atomic E-state index is 0.133. The Morgan fingerprint density at radius 1 is 1.27 bits per heavy atom. The van der Waals surface area contributed by atoms with Crippen LogP contribution in [0, 0.1) is 4.77 Å². The molecule has 1 aromatic heterocycles. The Bertz CT molecular complexity index is 352. The van der Waals surface area contributed by atoms with Crippen molar-refractivity contribution in [2.75, 3.05) is 12.0 Å². The summed E-state index contributed by atoms with van der Waals surface area (Å²) < 4.78 is 0.458. The van der Waals surface area contributed by atoms with E-state index in [0.29, 0.717) is 23.0 Å². The summed E-state index contributed by atoms with van der Waals surface area (Å²) in [4.78, 5) is 16.6. The van der Waals surface area contributed by atoms with Crippen molar-refractivity contribution in [1.82, 2.24) is 15.3 Å².